The summed E-state index contributed by atoms with van der Waals surface area (Å²) in [6.07, 6.45) is -0.0718. The number of halogens is 4. The number of aromatic nitrogens is 2. The second-order valence-electron chi connectivity index (χ2n) is 8.61. The lowest BCUT2D eigenvalue weighted by Gasteiger charge is -2.12. The SMILES string of the molecule is CCc1ccc2c(c1)S/C(=c1/s/c(=C\c3scc[n+]3Cc3ccccc3OC(F)(F)F)n(CC)c1=O)N2C.[Cl-]. The van der Waals surface area contributed by atoms with Crippen LogP contribution >= 0.6 is 34.4 Å². The molecule has 5 rings (SSSR count). The number of thiazole rings is 2. The Bertz CT molecular complexity index is 1680. The largest absolute Gasteiger partial charge is 1.00 e. The minimum atomic E-state index is -4.77. The van der Waals surface area contributed by atoms with Gasteiger partial charge in [0, 0.05) is 18.5 Å². The van der Waals surface area contributed by atoms with Crippen LogP contribution < -0.4 is 41.4 Å². The fourth-order valence-corrected chi connectivity index (χ4v) is 7.68. The number of thioether (sulfide) groups is 1. The smallest absolute Gasteiger partial charge is 0.573 e. The third kappa shape index (κ3) is 6.06. The number of benzene rings is 2. The summed E-state index contributed by atoms with van der Waals surface area (Å²) in [4.78, 5) is 16.7. The zero-order chi connectivity index (χ0) is 27.0. The fraction of sp³-hybridized carbons (Fsp3) is 0.259. The molecule has 1 aliphatic rings. The first-order valence-corrected chi connectivity index (χ1v) is 14.5. The second kappa shape index (κ2) is 11.8. The van der Waals surface area contributed by atoms with E-state index in [9.17, 15) is 18.0 Å². The highest BCUT2D eigenvalue weighted by Gasteiger charge is 2.32. The molecule has 0 radical (unpaired) electrons. The number of ether oxygens (including phenoxy) is 1. The van der Waals surface area contributed by atoms with Crippen molar-refractivity contribution < 1.29 is 34.9 Å². The predicted octanol–water partition coefficient (Wildman–Crippen LogP) is 1.93. The molecule has 0 fully saturated rings. The van der Waals surface area contributed by atoms with Gasteiger partial charge in [-0.25, -0.2) is 0 Å². The minimum absolute atomic E-state index is 0. The Hall–Kier alpha value is -2.73. The maximum absolute atomic E-state index is 13.5. The third-order valence-corrected chi connectivity index (χ3v) is 9.54. The van der Waals surface area contributed by atoms with Gasteiger partial charge in [0.1, 0.15) is 20.0 Å². The maximum Gasteiger partial charge on any atom is 0.573 e. The number of hydrogen-bond donors (Lipinski definition) is 0. The number of anilines is 1. The monoisotopic (exact) mass is 611 g/mol. The molecule has 0 N–H and O–H groups in total. The molecule has 0 spiro atoms. The van der Waals surface area contributed by atoms with Crippen molar-refractivity contribution >= 4 is 51.2 Å². The van der Waals surface area contributed by atoms with Crippen LogP contribution in [-0.4, -0.2) is 18.0 Å². The van der Waals surface area contributed by atoms with Crippen molar-refractivity contribution in [1.82, 2.24) is 4.57 Å². The zero-order valence-electron chi connectivity index (χ0n) is 21.3. The van der Waals surface area contributed by atoms with Crippen molar-refractivity contribution in [3.8, 4) is 5.75 Å². The second-order valence-corrected chi connectivity index (χ2v) is 11.6. The standard InChI is InChI=1S/C27H25F3N3O2S3.ClH/c1-4-17-10-11-19-21(14-17)37-26(31(19)3)24-25(34)33(5-2)23(38-24)15-22-32(12-13-36-22)16-18-8-6-7-9-20(18)35-27(28,29)30;/h6-15H,4-5,16H2,1-3H3;1H/q+1;/p-1/b26-24+;. The third-order valence-electron chi connectivity index (χ3n) is 6.23. The fourth-order valence-electron chi connectivity index (χ4n) is 4.30. The van der Waals surface area contributed by atoms with Gasteiger partial charge in [-0.1, -0.05) is 48.2 Å². The summed E-state index contributed by atoms with van der Waals surface area (Å²) in [5.41, 5.74) is 2.70. The van der Waals surface area contributed by atoms with E-state index in [2.05, 4.69) is 34.8 Å². The van der Waals surface area contributed by atoms with Gasteiger partial charge in [-0.15, -0.1) is 24.5 Å². The number of aryl methyl sites for hydroxylation is 1. The molecule has 0 saturated heterocycles. The Morgan fingerprint density at radius 1 is 1.13 bits per heavy atom. The molecule has 1 aliphatic heterocycles. The molecule has 0 atom stereocenters. The van der Waals surface area contributed by atoms with Gasteiger partial charge < -0.3 is 22.0 Å². The van der Waals surface area contributed by atoms with E-state index in [0.717, 1.165) is 31.7 Å². The van der Waals surface area contributed by atoms with Gasteiger partial charge in [0.05, 0.1) is 22.7 Å². The molecule has 0 aliphatic carbocycles. The highest BCUT2D eigenvalue weighted by Crippen LogP contribution is 2.45. The first kappa shape index (κ1) is 29.3. The van der Waals surface area contributed by atoms with Gasteiger partial charge in [-0.2, -0.15) is 4.57 Å². The van der Waals surface area contributed by atoms with Crippen molar-refractivity contribution in [1.29, 1.82) is 0 Å². The van der Waals surface area contributed by atoms with E-state index >= 15 is 0 Å². The molecule has 3 heterocycles. The Labute approximate surface area is 241 Å². The number of fused-ring (bicyclic) bond motifs is 1. The summed E-state index contributed by atoms with van der Waals surface area (Å²) >= 11 is 4.50. The summed E-state index contributed by atoms with van der Waals surface area (Å²) in [5, 5.41) is 3.59. The van der Waals surface area contributed by atoms with Crippen LogP contribution in [0.5, 0.6) is 5.75 Å². The van der Waals surface area contributed by atoms with E-state index < -0.39 is 6.36 Å². The summed E-state index contributed by atoms with van der Waals surface area (Å²) in [6.45, 7) is 4.75. The average molecular weight is 612 g/mol. The van der Waals surface area contributed by atoms with Gasteiger partial charge in [0.25, 0.3) is 10.6 Å². The van der Waals surface area contributed by atoms with Crippen molar-refractivity contribution in [3.05, 3.63) is 89.7 Å². The molecule has 12 heteroatoms. The lowest BCUT2D eigenvalue weighted by Crippen LogP contribution is -3.00. The first-order valence-electron chi connectivity index (χ1n) is 12.0. The van der Waals surface area contributed by atoms with Crippen molar-refractivity contribution in [2.45, 2.75) is 44.6 Å². The van der Waals surface area contributed by atoms with Crippen molar-refractivity contribution in [2.75, 3.05) is 11.9 Å². The molecule has 0 unspecified atom stereocenters. The number of nitrogens with zero attached hydrogens (tertiary/aromatic N) is 3. The number of rotatable bonds is 6. The Kier molecular flexibility index (Phi) is 8.85. The number of para-hydroxylation sites is 1. The molecular formula is C27H25ClF3N3O2S3. The van der Waals surface area contributed by atoms with Crippen LogP contribution in [0.1, 0.15) is 30.0 Å². The van der Waals surface area contributed by atoms with Crippen LogP contribution in [0.4, 0.5) is 18.9 Å². The van der Waals surface area contributed by atoms with Crippen LogP contribution in [-0.2, 0) is 19.5 Å². The van der Waals surface area contributed by atoms with Gasteiger partial charge in [0.15, 0.2) is 12.7 Å². The van der Waals surface area contributed by atoms with Crippen LogP contribution in [0.2, 0.25) is 0 Å². The Balaban J connectivity index is 0.00000353. The zero-order valence-corrected chi connectivity index (χ0v) is 24.5. The lowest BCUT2D eigenvalue weighted by atomic mass is 10.1. The molecule has 39 heavy (non-hydrogen) atoms. The van der Waals surface area contributed by atoms with Gasteiger partial charge in [-0.3, -0.25) is 9.36 Å². The summed E-state index contributed by atoms with van der Waals surface area (Å²) in [5.74, 6) is -0.225. The van der Waals surface area contributed by atoms with E-state index in [0.29, 0.717) is 16.6 Å². The van der Waals surface area contributed by atoms with Crippen molar-refractivity contribution in [2.24, 2.45) is 0 Å². The Morgan fingerprint density at radius 3 is 2.62 bits per heavy atom. The molecule has 0 saturated carbocycles. The number of hydrogen-bond acceptors (Lipinski definition) is 6. The van der Waals surface area contributed by atoms with E-state index in [-0.39, 0.29) is 30.3 Å². The summed E-state index contributed by atoms with van der Waals surface area (Å²) < 4.78 is 48.0. The highest BCUT2D eigenvalue weighted by molar-refractivity contribution is 8.08. The van der Waals surface area contributed by atoms with Crippen LogP contribution in [0.15, 0.2) is 63.7 Å². The number of alkyl halides is 3. The van der Waals surface area contributed by atoms with E-state index in [1.165, 1.54) is 40.4 Å². The summed E-state index contributed by atoms with van der Waals surface area (Å²) in [7, 11) is 1.98. The maximum atomic E-state index is 13.5. The van der Waals surface area contributed by atoms with Crippen LogP contribution in [0.3, 0.4) is 0 Å². The predicted molar refractivity (Wildman–Crippen MR) is 147 cm³/mol. The Morgan fingerprint density at radius 2 is 1.90 bits per heavy atom. The minimum Gasteiger partial charge on any atom is -1.00 e. The highest BCUT2D eigenvalue weighted by atomic mass is 35.5. The molecule has 4 aromatic rings. The van der Waals surface area contributed by atoms with Gasteiger partial charge in [0.2, 0.25) is 0 Å². The molecule has 0 amide bonds. The average Bonchev–Trinajstić information content (AvgIpc) is 3.54. The van der Waals surface area contributed by atoms with E-state index in [1.54, 1.807) is 28.5 Å². The van der Waals surface area contributed by atoms with E-state index in [1.807, 2.05) is 36.2 Å². The van der Waals surface area contributed by atoms with Crippen molar-refractivity contribution in [3.63, 3.8) is 0 Å². The molecule has 2 aromatic carbocycles. The normalized spacial score (nSPS) is 14.9. The quantitative estimate of drug-likeness (QED) is 0.313. The topological polar surface area (TPSA) is 38.4 Å². The van der Waals surface area contributed by atoms with Crippen LogP contribution in [0, 0.1) is 0 Å². The summed E-state index contributed by atoms with van der Waals surface area (Å²) in [6, 6.07) is 12.5. The lowest BCUT2D eigenvalue weighted by molar-refractivity contribution is -0.685. The van der Waals surface area contributed by atoms with Gasteiger partial charge in [-0.05, 0) is 43.2 Å². The first-order chi connectivity index (χ1) is 18.2. The molecule has 206 valence electrons. The molecule has 5 nitrogen and oxygen atoms in total. The van der Waals surface area contributed by atoms with Crippen LogP contribution in [0.25, 0.3) is 11.1 Å². The van der Waals surface area contributed by atoms with E-state index in [4.69, 9.17) is 0 Å². The molecular weight excluding hydrogens is 587 g/mol. The molecule has 0 bridgehead atoms. The molecule has 2 aromatic heterocycles. The van der Waals surface area contributed by atoms with Gasteiger partial charge >= 0.3 is 6.36 Å².